The SMILES string of the molecule is O=Cc1c(Cl)ncnc1NC1CCC(=O)NC1. The molecule has 1 aromatic heterocycles. The lowest BCUT2D eigenvalue weighted by atomic mass is 10.1. The van der Waals surface area contributed by atoms with E-state index in [1.165, 1.54) is 6.33 Å². The lowest BCUT2D eigenvalue weighted by molar-refractivity contribution is -0.122. The van der Waals surface area contributed by atoms with Gasteiger partial charge in [0, 0.05) is 19.0 Å². The maximum Gasteiger partial charge on any atom is 0.220 e. The molecule has 1 atom stereocenters. The summed E-state index contributed by atoms with van der Waals surface area (Å²) in [6, 6.07) is 0.0531. The molecule has 1 aromatic rings. The molecule has 0 saturated carbocycles. The molecule has 6 nitrogen and oxygen atoms in total. The van der Waals surface area contributed by atoms with Crippen LogP contribution >= 0.6 is 11.6 Å². The minimum absolute atomic E-state index is 0.0411. The summed E-state index contributed by atoms with van der Waals surface area (Å²) in [6.07, 6.45) is 3.07. The van der Waals surface area contributed by atoms with E-state index < -0.39 is 0 Å². The van der Waals surface area contributed by atoms with Crippen molar-refractivity contribution in [2.45, 2.75) is 18.9 Å². The number of aldehydes is 1. The largest absolute Gasteiger partial charge is 0.365 e. The second kappa shape index (κ2) is 5.09. The second-order valence-corrected chi connectivity index (χ2v) is 4.09. The first kappa shape index (κ1) is 11.8. The Morgan fingerprint density at radius 2 is 2.35 bits per heavy atom. The van der Waals surface area contributed by atoms with Crippen LogP contribution in [0.4, 0.5) is 5.82 Å². The Hall–Kier alpha value is -1.69. The number of carbonyl (C=O) groups excluding carboxylic acids is 2. The average molecular weight is 255 g/mol. The topological polar surface area (TPSA) is 84.0 Å². The van der Waals surface area contributed by atoms with Crippen LogP contribution in [-0.2, 0) is 4.79 Å². The Kier molecular flexibility index (Phi) is 3.53. The smallest absolute Gasteiger partial charge is 0.220 e. The normalized spacial score (nSPS) is 19.6. The molecule has 1 unspecified atom stereocenters. The van der Waals surface area contributed by atoms with Gasteiger partial charge in [0.05, 0.1) is 5.56 Å². The molecule has 0 radical (unpaired) electrons. The zero-order chi connectivity index (χ0) is 12.3. The van der Waals surface area contributed by atoms with Gasteiger partial charge in [0.15, 0.2) is 6.29 Å². The van der Waals surface area contributed by atoms with Crippen molar-refractivity contribution in [2.24, 2.45) is 0 Å². The van der Waals surface area contributed by atoms with Crippen molar-refractivity contribution in [1.29, 1.82) is 0 Å². The summed E-state index contributed by atoms with van der Waals surface area (Å²) in [7, 11) is 0. The van der Waals surface area contributed by atoms with Gasteiger partial charge in [0.1, 0.15) is 17.3 Å². The van der Waals surface area contributed by atoms with E-state index in [0.29, 0.717) is 31.5 Å². The van der Waals surface area contributed by atoms with Crippen molar-refractivity contribution in [3.63, 3.8) is 0 Å². The number of nitrogens with one attached hydrogen (secondary N) is 2. The molecule has 17 heavy (non-hydrogen) atoms. The van der Waals surface area contributed by atoms with E-state index >= 15 is 0 Å². The van der Waals surface area contributed by atoms with Gasteiger partial charge in [-0.2, -0.15) is 0 Å². The number of anilines is 1. The minimum Gasteiger partial charge on any atom is -0.365 e. The van der Waals surface area contributed by atoms with E-state index in [-0.39, 0.29) is 22.7 Å². The number of halogens is 1. The van der Waals surface area contributed by atoms with Crippen LogP contribution < -0.4 is 10.6 Å². The van der Waals surface area contributed by atoms with E-state index in [9.17, 15) is 9.59 Å². The van der Waals surface area contributed by atoms with Gasteiger partial charge in [-0.1, -0.05) is 11.6 Å². The molecule has 2 N–H and O–H groups in total. The molecule has 90 valence electrons. The van der Waals surface area contributed by atoms with Gasteiger partial charge in [-0.25, -0.2) is 9.97 Å². The highest BCUT2D eigenvalue weighted by Gasteiger charge is 2.19. The second-order valence-electron chi connectivity index (χ2n) is 3.73. The fourth-order valence-electron chi connectivity index (χ4n) is 1.64. The summed E-state index contributed by atoms with van der Waals surface area (Å²) in [5, 5.41) is 5.94. The number of hydrogen-bond donors (Lipinski definition) is 2. The van der Waals surface area contributed by atoms with Crippen LogP contribution in [0, 0.1) is 0 Å². The zero-order valence-electron chi connectivity index (χ0n) is 8.94. The van der Waals surface area contributed by atoms with Gasteiger partial charge in [-0.05, 0) is 6.42 Å². The molecule has 0 bridgehead atoms. The Balaban J connectivity index is 2.10. The standard InChI is InChI=1S/C10H11ClN4O2/c11-9-7(4-16)10(14-5-13-9)15-6-1-2-8(17)12-3-6/h4-6H,1-3H2,(H,12,17)(H,13,14,15). The van der Waals surface area contributed by atoms with Gasteiger partial charge >= 0.3 is 0 Å². The molecule has 7 heteroatoms. The quantitative estimate of drug-likeness (QED) is 0.611. The van der Waals surface area contributed by atoms with Gasteiger partial charge in [-0.3, -0.25) is 9.59 Å². The van der Waals surface area contributed by atoms with Crippen molar-refractivity contribution in [2.75, 3.05) is 11.9 Å². The fraction of sp³-hybridized carbons (Fsp3) is 0.400. The number of amides is 1. The maximum atomic E-state index is 11.0. The number of hydrogen-bond acceptors (Lipinski definition) is 5. The summed E-state index contributed by atoms with van der Waals surface area (Å²) in [4.78, 5) is 29.6. The molecular weight excluding hydrogens is 244 g/mol. The summed E-state index contributed by atoms with van der Waals surface area (Å²) in [5.74, 6) is 0.445. The predicted molar refractivity (Wildman–Crippen MR) is 62.1 cm³/mol. The van der Waals surface area contributed by atoms with Crippen molar-refractivity contribution in [3.05, 3.63) is 17.0 Å². The molecule has 0 aliphatic carbocycles. The van der Waals surface area contributed by atoms with Crippen LogP contribution in [0.15, 0.2) is 6.33 Å². The Bertz CT molecular complexity index is 442. The monoisotopic (exact) mass is 254 g/mol. The molecule has 2 heterocycles. The number of nitrogens with zero attached hydrogens (tertiary/aromatic N) is 2. The van der Waals surface area contributed by atoms with Crippen molar-refractivity contribution in [3.8, 4) is 0 Å². The molecule has 0 aromatic carbocycles. The molecule has 2 rings (SSSR count). The highest BCUT2D eigenvalue weighted by Crippen LogP contribution is 2.19. The van der Waals surface area contributed by atoms with Gasteiger partial charge < -0.3 is 10.6 Å². The summed E-state index contributed by atoms with van der Waals surface area (Å²) in [5.41, 5.74) is 0.242. The summed E-state index contributed by atoms with van der Waals surface area (Å²) in [6.45, 7) is 0.513. The molecule has 1 aliphatic rings. The Labute approximate surface area is 103 Å². The molecule has 1 amide bonds. The number of rotatable bonds is 3. The van der Waals surface area contributed by atoms with E-state index in [4.69, 9.17) is 11.6 Å². The van der Waals surface area contributed by atoms with Crippen LogP contribution in [-0.4, -0.2) is 34.7 Å². The van der Waals surface area contributed by atoms with Crippen molar-refractivity contribution >= 4 is 29.6 Å². The zero-order valence-corrected chi connectivity index (χ0v) is 9.70. The highest BCUT2D eigenvalue weighted by molar-refractivity contribution is 6.32. The molecular formula is C10H11ClN4O2. The maximum absolute atomic E-state index is 11.0. The van der Waals surface area contributed by atoms with E-state index in [2.05, 4.69) is 20.6 Å². The summed E-state index contributed by atoms with van der Waals surface area (Å²) >= 11 is 5.78. The minimum atomic E-state index is 0.0411. The number of piperidine rings is 1. The number of carbonyl (C=O) groups is 2. The predicted octanol–water partition coefficient (Wildman–Crippen LogP) is 0.633. The third kappa shape index (κ3) is 2.71. The van der Waals surface area contributed by atoms with E-state index in [1.807, 2.05) is 0 Å². The first-order chi connectivity index (χ1) is 8.20. The molecule has 1 saturated heterocycles. The Morgan fingerprint density at radius 1 is 1.53 bits per heavy atom. The third-order valence-corrected chi connectivity index (χ3v) is 2.86. The third-order valence-electron chi connectivity index (χ3n) is 2.56. The first-order valence-electron chi connectivity index (χ1n) is 5.19. The van der Waals surface area contributed by atoms with Crippen LogP contribution in [0.25, 0.3) is 0 Å². The lowest BCUT2D eigenvalue weighted by Crippen LogP contribution is -2.42. The first-order valence-corrected chi connectivity index (χ1v) is 5.57. The molecule has 1 aliphatic heterocycles. The Morgan fingerprint density at radius 3 is 3.00 bits per heavy atom. The van der Waals surface area contributed by atoms with Crippen LogP contribution in [0.2, 0.25) is 5.15 Å². The lowest BCUT2D eigenvalue weighted by Gasteiger charge is -2.24. The van der Waals surface area contributed by atoms with Gasteiger partial charge in [0.25, 0.3) is 0 Å². The van der Waals surface area contributed by atoms with Crippen LogP contribution in [0.5, 0.6) is 0 Å². The average Bonchev–Trinajstić information content (AvgIpc) is 2.32. The molecule has 0 spiro atoms. The van der Waals surface area contributed by atoms with Crippen molar-refractivity contribution in [1.82, 2.24) is 15.3 Å². The molecule has 1 fully saturated rings. The fourth-order valence-corrected chi connectivity index (χ4v) is 1.82. The summed E-state index contributed by atoms with van der Waals surface area (Å²) < 4.78 is 0. The van der Waals surface area contributed by atoms with E-state index in [1.54, 1.807) is 0 Å². The highest BCUT2D eigenvalue weighted by atomic mass is 35.5. The van der Waals surface area contributed by atoms with Crippen molar-refractivity contribution < 1.29 is 9.59 Å². The van der Waals surface area contributed by atoms with Gasteiger partial charge in [-0.15, -0.1) is 0 Å². The van der Waals surface area contributed by atoms with E-state index in [0.717, 1.165) is 0 Å². The number of aromatic nitrogens is 2. The van der Waals surface area contributed by atoms with Crippen LogP contribution in [0.3, 0.4) is 0 Å². The van der Waals surface area contributed by atoms with Crippen LogP contribution in [0.1, 0.15) is 23.2 Å². The van der Waals surface area contributed by atoms with Gasteiger partial charge in [0.2, 0.25) is 5.91 Å².